The van der Waals surface area contributed by atoms with E-state index in [1.807, 2.05) is 37.3 Å². The molecule has 0 aliphatic carbocycles. The monoisotopic (exact) mass is 425 g/mol. The minimum Gasteiger partial charge on any atom is -0.348 e. The molecule has 1 aliphatic heterocycles. The molecular formula is C23H24ClN3OS. The fraction of sp³-hybridized carbons (Fsp3) is 0.304. The number of likely N-dealkylation sites (tertiary alicyclic amines) is 1. The van der Waals surface area contributed by atoms with Crippen LogP contribution in [-0.2, 0) is 6.54 Å². The summed E-state index contributed by atoms with van der Waals surface area (Å²) < 4.78 is 0. The molecule has 1 aromatic heterocycles. The number of rotatable bonds is 5. The Morgan fingerprint density at radius 3 is 2.52 bits per heavy atom. The van der Waals surface area contributed by atoms with Crippen LogP contribution in [0.25, 0.3) is 10.6 Å². The summed E-state index contributed by atoms with van der Waals surface area (Å²) in [6.45, 7) is 4.86. The van der Waals surface area contributed by atoms with Crippen LogP contribution in [0, 0.1) is 6.92 Å². The molecule has 2 heterocycles. The van der Waals surface area contributed by atoms with Crippen LogP contribution in [0.2, 0.25) is 5.02 Å². The number of amides is 1. The molecular weight excluding hydrogens is 402 g/mol. The van der Waals surface area contributed by atoms with E-state index in [4.69, 9.17) is 11.6 Å². The maximum absolute atomic E-state index is 12.8. The number of benzene rings is 2. The van der Waals surface area contributed by atoms with Crippen LogP contribution in [0.15, 0.2) is 54.6 Å². The second-order valence-corrected chi connectivity index (χ2v) is 8.89. The first-order chi connectivity index (χ1) is 14.1. The molecule has 4 rings (SSSR count). The molecule has 3 aromatic rings. The number of nitrogens with zero attached hydrogens (tertiary/aromatic N) is 2. The van der Waals surface area contributed by atoms with E-state index in [0.29, 0.717) is 9.90 Å². The first kappa shape index (κ1) is 20.1. The molecule has 0 spiro atoms. The first-order valence-corrected chi connectivity index (χ1v) is 11.1. The Morgan fingerprint density at radius 2 is 1.83 bits per heavy atom. The number of nitrogens with one attached hydrogen (secondary N) is 1. The van der Waals surface area contributed by atoms with Crippen LogP contribution >= 0.6 is 22.9 Å². The number of thiazole rings is 1. The highest BCUT2D eigenvalue weighted by molar-refractivity contribution is 7.17. The van der Waals surface area contributed by atoms with Gasteiger partial charge in [0.1, 0.15) is 9.88 Å². The highest BCUT2D eigenvalue weighted by atomic mass is 35.5. The normalized spacial score (nSPS) is 15.4. The molecule has 0 radical (unpaired) electrons. The minimum absolute atomic E-state index is 0.0123. The predicted molar refractivity (Wildman–Crippen MR) is 120 cm³/mol. The minimum atomic E-state index is -0.0123. The van der Waals surface area contributed by atoms with Gasteiger partial charge in [0.25, 0.3) is 5.91 Å². The SMILES string of the molecule is Cc1nc(-c2ccc(Cl)cc2)sc1C(=O)NC1CCN(Cc2ccccc2)CC1. The zero-order valence-electron chi connectivity index (χ0n) is 16.4. The van der Waals surface area contributed by atoms with E-state index in [2.05, 4.69) is 39.5 Å². The lowest BCUT2D eigenvalue weighted by molar-refractivity contribution is 0.0912. The van der Waals surface area contributed by atoms with Crippen LogP contribution in [0.3, 0.4) is 0 Å². The maximum atomic E-state index is 12.8. The third-order valence-corrected chi connectivity index (χ3v) is 6.72. The zero-order valence-corrected chi connectivity index (χ0v) is 18.0. The average Bonchev–Trinajstić information content (AvgIpc) is 3.12. The van der Waals surface area contributed by atoms with Crippen molar-refractivity contribution in [1.29, 1.82) is 0 Å². The van der Waals surface area contributed by atoms with Gasteiger partial charge in [-0.1, -0.05) is 54.1 Å². The summed E-state index contributed by atoms with van der Waals surface area (Å²) in [6, 6.07) is 18.3. The molecule has 0 unspecified atom stereocenters. The van der Waals surface area contributed by atoms with Crippen molar-refractivity contribution in [2.45, 2.75) is 32.4 Å². The zero-order chi connectivity index (χ0) is 20.2. The Morgan fingerprint density at radius 1 is 1.14 bits per heavy atom. The number of hydrogen-bond acceptors (Lipinski definition) is 4. The second kappa shape index (κ2) is 9.08. The number of carbonyl (C=O) groups is 1. The largest absolute Gasteiger partial charge is 0.348 e. The molecule has 1 saturated heterocycles. The fourth-order valence-corrected chi connectivity index (χ4v) is 4.75. The molecule has 1 N–H and O–H groups in total. The Bertz CT molecular complexity index is 964. The van der Waals surface area contributed by atoms with Gasteiger partial charge in [-0.2, -0.15) is 0 Å². The molecule has 150 valence electrons. The summed E-state index contributed by atoms with van der Waals surface area (Å²) in [4.78, 5) is 20.6. The smallest absolute Gasteiger partial charge is 0.263 e. The van der Waals surface area contributed by atoms with Crippen molar-refractivity contribution in [2.24, 2.45) is 0 Å². The predicted octanol–water partition coefficient (Wildman–Crippen LogP) is 5.17. The summed E-state index contributed by atoms with van der Waals surface area (Å²) >= 11 is 7.41. The van der Waals surface area contributed by atoms with Crippen molar-refractivity contribution >= 4 is 28.8 Å². The highest BCUT2D eigenvalue weighted by Gasteiger charge is 2.23. The average molecular weight is 426 g/mol. The van der Waals surface area contributed by atoms with Gasteiger partial charge in [-0.05, 0) is 37.5 Å². The molecule has 29 heavy (non-hydrogen) atoms. The van der Waals surface area contributed by atoms with E-state index in [9.17, 15) is 4.79 Å². The lowest BCUT2D eigenvalue weighted by atomic mass is 10.0. The van der Waals surface area contributed by atoms with Crippen molar-refractivity contribution in [3.05, 3.63) is 75.8 Å². The van der Waals surface area contributed by atoms with Crippen LogP contribution in [0.4, 0.5) is 0 Å². The summed E-state index contributed by atoms with van der Waals surface area (Å²) in [6.07, 6.45) is 1.95. The molecule has 0 saturated carbocycles. The lowest BCUT2D eigenvalue weighted by Gasteiger charge is -2.32. The second-order valence-electron chi connectivity index (χ2n) is 7.45. The maximum Gasteiger partial charge on any atom is 0.263 e. The van der Waals surface area contributed by atoms with Gasteiger partial charge in [-0.25, -0.2) is 4.98 Å². The number of aromatic nitrogens is 1. The summed E-state index contributed by atoms with van der Waals surface area (Å²) in [5.41, 5.74) is 3.10. The molecule has 1 fully saturated rings. The third kappa shape index (κ3) is 5.04. The van der Waals surface area contributed by atoms with Gasteiger partial charge < -0.3 is 5.32 Å². The fourth-order valence-electron chi connectivity index (χ4n) is 3.65. The van der Waals surface area contributed by atoms with Crippen molar-refractivity contribution in [1.82, 2.24) is 15.2 Å². The van der Waals surface area contributed by atoms with Crippen molar-refractivity contribution in [2.75, 3.05) is 13.1 Å². The molecule has 0 atom stereocenters. The molecule has 2 aromatic carbocycles. The standard InChI is InChI=1S/C23H24ClN3OS/c1-16-21(29-23(25-16)18-7-9-19(24)10-8-18)22(28)26-20-11-13-27(14-12-20)15-17-5-3-2-4-6-17/h2-10,20H,11-15H2,1H3,(H,26,28). The van der Waals surface area contributed by atoms with Crippen LogP contribution in [-0.4, -0.2) is 34.9 Å². The van der Waals surface area contributed by atoms with E-state index in [1.54, 1.807) is 0 Å². The Kier molecular flexibility index (Phi) is 6.28. The summed E-state index contributed by atoms with van der Waals surface area (Å²) in [7, 11) is 0. The van der Waals surface area contributed by atoms with Gasteiger partial charge in [0.05, 0.1) is 5.69 Å². The van der Waals surface area contributed by atoms with Crippen molar-refractivity contribution in [3.8, 4) is 10.6 Å². The number of piperidine rings is 1. The summed E-state index contributed by atoms with van der Waals surface area (Å²) in [5.74, 6) is -0.0123. The third-order valence-electron chi connectivity index (χ3n) is 5.27. The highest BCUT2D eigenvalue weighted by Crippen LogP contribution is 2.29. The van der Waals surface area contributed by atoms with E-state index < -0.39 is 0 Å². The number of hydrogen-bond donors (Lipinski definition) is 1. The summed E-state index contributed by atoms with van der Waals surface area (Å²) in [5, 5.41) is 4.76. The van der Waals surface area contributed by atoms with Gasteiger partial charge in [0.15, 0.2) is 0 Å². The molecule has 4 nitrogen and oxygen atoms in total. The van der Waals surface area contributed by atoms with Crippen molar-refractivity contribution in [3.63, 3.8) is 0 Å². The number of carbonyl (C=O) groups excluding carboxylic acids is 1. The van der Waals surface area contributed by atoms with Gasteiger partial charge in [-0.15, -0.1) is 11.3 Å². The van der Waals surface area contributed by atoms with Crippen molar-refractivity contribution < 1.29 is 4.79 Å². The van der Waals surface area contributed by atoms with Gasteiger partial charge >= 0.3 is 0 Å². The Labute approximate surface area is 180 Å². The molecule has 1 aliphatic rings. The van der Waals surface area contributed by atoms with Crippen LogP contribution in [0.1, 0.15) is 33.8 Å². The topological polar surface area (TPSA) is 45.2 Å². The van der Waals surface area contributed by atoms with Gasteiger partial charge in [-0.3, -0.25) is 9.69 Å². The number of halogens is 1. The Hall–Kier alpha value is -2.21. The van der Waals surface area contributed by atoms with E-state index in [-0.39, 0.29) is 11.9 Å². The van der Waals surface area contributed by atoms with Crippen LogP contribution < -0.4 is 5.32 Å². The van der Waals surface area contributed by atoms with E-state index in [0.717, 1.165) is 48.7 Å². The first-order valence-electron chi connectivity index (χ1n) is 9.89. The van der Waals surface area contributed by atoms with Gasteiger partial charge in [0, 0.05) is 36.3 Å². The van der Waals surface area contributed by atoms with Crippen LogP contribution in [0.5, 0.6) is 0 Å². The lowest BCUT2D eigenvalue weighted by Crippen LogP contribution is -2.44. The Balaban J connectivity index is 1.34. The quantitative estimate of drug-likeness (QED) is 0.613. The van der Waals surface area contributed by atoms with E-state index >= 15 is 0 Å². The van der Waals surface area contributed by atoms with Gasteiger partial charge in [0.2, 0.25) is 0 Å². The molecule has 6 heteroatoms. The van der Waals surface area contributed by atoms with E-state index in [1.165, 1.54) is 16.9 Å². The molecule has 1 amide bonds. The number of aryl methyl sites for hydroxylation is 1. The molecule has 0 bridgehead atoms.